The number of aromatic amines is 1. The van der Waals surface area contributed by atoms with Crippen LogP contribution in [0.15, 0.2) is 29.1 Å². The number of hydrogen-bond donors (Lipinski definition) is 2. The first-order valence-corrected chi connectivity index (χ1v) is 11.2. The largest absolute Gasteiger partial charge is 0.362 e. The number of anilines is 1. The second-order valence-electron chi connectivity index (χ2n) is 8.70. The molecule has 8 heteroatoms. The smallest absolute Gasteiger partial charge is 0.357 e. The first-order chi connectivity index (χ1) is 14.4. The molecule has 1 aromatic carbocycles. The molecule has 0 bridgehead atoms. The van der Waals surface area contributed by atoms with E-state index in [9.17, 15) is 4.79 Å². The van der Waals surface area contributed by atoms with Gasteiger partial charge in [-0.3, -0.25) is 0 Å². The highest BCUT2D eigenvalue weighted by atomic mass is 35.5. The van der Waals surface area contributed by atoms with E-state index in [-0.39, 0.29) is 11.1 Å². The maximum absolute atomic E-state index is 12.2. The van der Waals surface area contributed by atoms with Crippen LogP contribution in [-0.4, -0.2) is 33.7 Å². The molecule has 1 saturated carbocycles. The van der Waals surface area contributed by atoms with E-state index in [0.29, 0.717) is 21.7 Å². The molecule has 2 aliphatic rings. The molecule has 0 radical (unpaired) electrons. The van der Waals surface area contributed by atoms with E-state index in [1.807, 2.05) is 19.1 Å². The van der Waals surface area contributed by atoms with E-state index in [2.05, 4.69) is 21.0 Å². The Balaban J connectivity index is 1.59. The fourth-order valence-corrected chi connectivity index (χ4v) is 5.79. The van der Waals surface area contributed by atoms with E-state index in [4.69, 9.17) is 28.9 Å². The third-order valence-electron chi connectivity index (χ3n) is 7.10. The lowest BCUT2D eigenvalue weighted by molar-refractivity contribution is 0.197. The molecule has 1 unspecified atom stereocenters. The van der Waals surface area contributed by atoms with Crippen LogP contribution < -0.4 is 16.3 Å². The Labute approximate surface area is 185 Å². The predicted molar refractivity (Wildman–Crippen MR) is 122 cm³/mol. The molecule has 1 aliphatic heterocycles. The molecule has 1 atom stereocenters. The Morgan fingerprint density at radius 1 is 1.23 bits per heavy atom. The van der Waals surface area contributed by atoms with Crippen LogP contribution in [-0.2, 0) is 0 Å². The molecule has 3 N–H and O–H groups in total. The molecule has 1 aliphatic carbocycles. The van der Waals surface area contributed by atoms with E-state index in [1.165, 1.54) is 12.8 Å². The summed E-state index contributed by atoms with van der Waals surface area (Å²) < 4.78 is 1.79. The molecule has 158 valence electrons. The number of halogens is 2. The van der Waals surface area contributed by atoms with Gasteiger partial charge in [0.05, 0.1) is 10.0 Å². The lowest BCUT2D eigenvalue weighted by Gasteiger charge is -2.43. The quantitative estimate of drug-likeness (QED) is 0.612. The standard InChI is InChI=1S/C22H25Cl2N5O/c1-13-12-17(28-10-8-22(9-11-28)7-3-6-16(22)25)29-20(26-21(30)27-29)18(13)14-4-2-5-15(23)19(14)24/h2,4-5,12,16H,3,6-11,25H2,1H3,(H,27,30). The normalized spacial score (nSPS) is 21.1. The number of fused-ring (bicyclic) bond motifs is 1. The van der Waals surface area contributed by atoms with Gasteiger partial charge in [-0.1, -0.05) is 41.8 Å². The van der Waals surface area contributed by atoms with Crippen LogP contribution in [0.5, 0.6) is 0 Å². The number of nitrogens with two attached hydrogens (primary N) is 1. The lowest BCUT2D eigenvalue weighted by Crippen LogP contribution is -2.47. The predicted octanol–water partition coefficient (Wildman–Crippen LogP) is 4.40. The fourth-order valence-electron chi connectivity index (χ4n) is 5.39. The van der Waals surface area contributed by atoms with Crippen molar-refractivity contribution in [3.05, 3.63) is 50.4 Å². The minimum atomic E-state index is -0.382. The third kappa shape index (κ3) is 3.04. The van der Waals surface area contributed by atoms with Gasteiger partial charge in [0.25, 0.3) is 0 Å². The molecule has 3 aromatic rings. The second-order valence-corrected chi connectivity index (χ2v) is 9.48. The topological polar surface area (TPSA) is 79.4 Å². The van der Waals surface area contributed by atoms with Crippen molar-refractivity contribution in [2.75, 3.05) is 18.0 Å². The minimum absolute atomic E-state index is 0.279. The molecular weight excluding hydrogens is 421 g/mol. The van der Waals surface area contributed by atoms with Crippen molar-refractivity contribution in [3.8, 4) is 11.1 Å². The number of nitrogens with zero attached hydrogens (tertiary/aromatic N) is 3. The second kappa shape index (κ2) is 7.29. The Morgan fingerprint density at radius 3 is 2.70 bits per heavy atom. The Kier molecular flexibility index (Phi) is 4.84. The molecule has 6 nitrogen and oxygen atoms in total. The average molecular weight is 446 g/mol. The van der Waals surface area contributed by atoms with Crippen molar-refractivity contribution in [2.24, 2.45) is 11.1 Å². The molecular formula is C22H25Cl2N5O. The highest BCUT2D eigenvalue weighted by Gasteiger charge is 2.43. The molecule has 0 amide bonds. The zero-order valence-corrected chi connectivity index (χ0v) is 18.4. The summed E-state index contributed by atoms with van der Waals surface area (Å²) in [5, 5.41) is 3.81. The Morgan fingerprint density at radius 2 is 2.00 bits per heavy atom. The van der Waals surface area contributed by atoms with Gasteiger partial charge in [0.2, 0.25) is 0 Å². The van der Waals surface area contributed by atoms with E-state index >= 15 is 0 Å². The number of pyridine rings is 1. The Hall–Kier alpha value is -2.02. The van der Waals surface area contributed by atoms with Gasteiger partial charge >= 0.3 is 5.69 Å². The average Bonchev–Trinajstić information content (AvgIpc) is 3.27. The van der Waals surface area contributed by atoms with Gasteiger partial charge < -0.3 is 10.6 Å². The number of aryl methyl sites for hydroxylation is 1. The van der Waals surface area contributed by atoms with Gasteiger partial charge in [0.1, 0.15) is 5.82 Å². The Bertz CT molecular complexity index is 1180. The summed E-state index contributed by atoms with van der Waals surface area (Å²) in [7, 11) is 0. The van der Waals surface area contributed by atoms with Gasteiger partial charge in [0.15, 0.2) is 5.65 Å². The lowest BCUT2D eigenvalue weighted by atomic mass is 9.74. The third-order valence-corrected chi connectivity index (χ3v) is 7.92. The first-order valence-electron chi connectivity index (χ1n) is 10.5. The molecule has 3 heterocycles. The van der Waals surface area contributed by atoms with Gasteiger partial charge in [-0.2, -0.15) is 4.98 Å². The highest BCUT2D eigenvalue weighted by Crippen LogP contribution is 2.46. The fraction of sp³-hybridized carbons (Fsp3) is 0.455. The van der Waals surface area contributed by atoms with E-state index in [0.717, 1.165) is 54.9 Å². The van der Waals surface area contributed by atoms with Crippen molar-refractivity contribution < 1.29 is 0 Å². The van der Waals surface area contributed by atoms with Gasteiger partial charge in [0, 0.05) is 30.3 Å². The van der Waals surface area contributed by atoms with Crippen LogP contribution in [0.4, 0.5) is 5.82 Å². The van der Waals surface area contributed by atoms with E-state index in [1.54, 1.807) is 10.6 Å². The number of rotatable bonds is 2. The minimum Gasteiger partial charge on any atom is -0.357 e. The zero-order chi connectivity index (χ0) is 21.0. The summed E-state index contributed by atoms with van der Waals surface area (Å²) in [6.45, 7) is 3.85. The van der Waals surface area contributed by atoms with Crippen LogP contribution in [0, 0.1) is 12.3 Å². The summed E-state index contributed by atoms with van der Waals surface area (Å²) in [5.74, 6) is 0.945. The first kappa shape index (κ1) is 19.9. The molecule has 30 heavy (non-hydrogen) atoms. The molecule has 2 aromatic heterocycles. The molecule has 5 rings (SSSR count). The van der Waals surface area contributed by atoms with Gasteiger partial charge in [-0.05, 0) is 55.7 Å². The summed E-state index contributed by atoms with van der Waals surface area (Å²) in [6, 6.07) is 7.92. The number of H-pyrrole nitrogens is 1. The van der Waals surface area contributed by atoms with Crippen molar-refractivity contribution in [1.82, 2.24) is 14.6 Å². The summed E-state index contributed by atoms with van der Waals surface area (Å²) in [6.07, 6.45) is 5.75. The number of nitrogens with one attached hydrogen (secondary N) is 1. The van der Waals surface area contributed by atoms with Crippen LogP contribution in [0.25, 0.3) is 16.8 Å². The number of piperidine rings is 1. The van der Waals surface area contributed by atoms with Crippen LogP contribution in [0.2, 0.25) is 10.0 Å². The monoisotopic (exact) mass is 445 g/mol. The maximum Gasteiger partial charge on any atom is 0.362 e. The number of hydrogen-bond acceptors (Lipinski definition) is 4. The van der Waals surface area contributed by atoms with Gasteiger partial charge in [-0.15, -0.1) is 0 Å². The van der Waals surface area contributed by atoms with Crippen molar-refractivity contribution in [2.45, 2.75) is 45.1 Å². The van der Waals surface area contributed by atoms with Crippen LogP contribution >= 0.6 is 23.2 Å². The molecule has 1 saturated heterocycles. The van der Waals surface area contributed by atoms with E-state index < -0.39 is 0 Å². The van der Waals surface area contributed by atoms with Crippen molar-refractivity contribution in [1.29, 1.82) is 0 Å². The highest BCUT2D eigenvalue weighted by molar-refractivity contribution is 6.43. The van der Waals surface area contributed by atoms with Gasteiger partial charge in [-0.25, -0.2) is 14.4 Å². The number of benzene rings is 1. The summed E-state index contributed by atoms with van der Waals surface area (Å²) in [5.41, 5.74) is 9.50. The summed E-state index contributed by atoms with van der Waals surface area (Å²) >= 11 is 12.7. The molecule has 1 spiro atoms. The SMILES string of the molecule is Cc1cc(N2CCC3(CCCC3N)CC2)n2[nH]c(=O)nc2c1-c1cccc(Cl)c1Cl. The van der Waals surface area contributed by atoms with Crippen LogP contribution in [0.3, 0.4) is 0 Å². The zero-order valence-electron chi connectivity index (χ0n) is 16.9. The molecule has 2 fully saturated rings. The number of aromatic nitrogens is 3. The van der Waals surface area contributed by atoms with Crippen LogP contribution in [0.1, 0.15) is 37.7 Å². The van der Waals surface area contributed by atoms with Crippen molar-refractivity contribution >= 4 is 34.7 Å². The van der Waals surface area contributed by atoms with Crippen molar-refractivity contribution in [3.63, 3.8) is 0 Å². The maximum atomic E-state index is 12.2. The summed E-state index contributed by atoms with van der Waals surface area (Å²) in [4.78, 5) is 18.8.